The standard InChI is InChI=1S/C5H8O2.O.Ti/c1-4(6)3-5(2)7;;/h3H2,1-2H3;;. The molecule has 0 fully saturated rings. The Kier molecular flexibility index (Phi) is 10.1. The molecule has 0 aliphatic heterocycles. The average Bonchev–Trinajstić information content (AvgIpc) is 1.68. The Morgan fingerprint density at radius 3 is 1.33 bits per heavy atom. The van der Waals surface area contributed by atoms with Crippen LogP contribution in [-0.2, 0) is 33.3 Å². The van der Waals surface area contributed by atoms with E-state index in [4.69, 9.17) is 3.32 Å². The molecule has 0 amide bonds. The topological polar surface area (TPSA) is 51.2 Å². The first-order valence-electron chi connectivity index (χ1n) is 2.32. The van der Waals surface area contributed by atoms with E-state index in [0.717, 1.165) is 20.4 Å². The summed E-state index contributed by atoms with van der Waals surface area (Å²) in [6.45, 7) is 2.81. The molecular weight excluding hydrogens is 156 g/mol. The van der Waals surface area contributed by atoms with Gasteiger partial charge in [0.05, 0.1) is 6.42 Å². The van der Waals surface area contributed by atoms with Crippen molar-refractivity contribution in [1.29, 1.82) is 0 Å². The van der Waals surface area contributed by atoms with Crippen molar-refractivity contribution in [2.45, 2.75) is 20.3 Å². The van der Waals surface area contributed by atoms with Gasteiger partial charge in [-0.05, 0) is 13.8 Å². The van der Waals surface area contributed by atoms with Crippen LogP contribution in [0, 0.1) is 0 Å². The van der Waals surface area contributed by atoms with Crippen molar-refractivity contribution < 1.29 is 33.3 Å². The summed E-state index contributed by atoms with van der Waals surface area (Å²) in [7, 11) is 0. The zero-order chi connectivity index (χ0) is 7.86. The van der Waals surface area contributed by atoms with Crippen LogP contribution in [0.15, 0.2) is 0 Å². The van der Waals surface area contributed by atoms with E-state index in [1.165, 1.54) is 13.8 Å². The maximum atomic E-state index is 10.0. The Morgan fingerprint density at radius 1 is 1.11 bits per heavy atom. The molecule has 0 radical (unpaired) electrons. The number of hydrogen-bond acceptors (Lipinski definition) is 3. The van der Waals surface area contributed by atoms with E-state index in [1.54, 1.807) is 0 Å². The van der Waals surface area contributed by atoms with Crippen molar-refractivity contribution in [2.24, 2.45) is 0 Å². The summed E-state index contributed by atoms with van der Waals surface area (Å²) in [6, 6.07) is 0. The van der Waals surface area contributed by atoms with Gasteiger partial charge in [0.15, 0.2) is 0 Å². The maximum absolute atomic E-state index is 10.0. The van der Waals surface area contributed by atoms with E-state index in [0.29, 0.717) is 0 Å². The first-order valence-corrected chi connectivity index (χ1v) is 2.96. The van der Waals surface area contributed by atoms with Crippen molar-refractivity contribution in [3.05, 3.63) is 0 Å². The second-order valence-electron chi connectivity index (χ2n) is 1.58. The van der Waals surface area contributed by atoms with Gasteiger partial charge in [0.2, 0.25) is 0 Å². The molecule has 4 heteroatoms. The van der Waals surface area contributed by atoms with Crippen molar-refractivity contribution in [2.75, 3.05) is 0 Å². The van der Waals surface area contributed by atoms with E-state index in [9.17, 15) is 9.59 Å². The normalized spacial score (nSPS) is 6.78. The van der Waals surface area contributed by atoms with Crippen LogP contribution in [-0.4, -0.2) is 11.6 Å². The summed E-state index contributed by atoms with van der Waals surface area (Å²) >= 11 is 0.750. The van der Waals surface area contributed by atoms with Crippen molar-refractivity contribution in [3.8, 4) is 0 Å². The minimum atomic E-state index is -0.0625. The first kappa shape index (κ1) is 11.6. The van der Waals surface area contributed by atoms with Crippen LogP contribution < -0.4 is 0 Å². The summed E-state index contributed by atoms with van der Waals surface area (Å²) in [5.74, 6) is -0.125. The van der Waals surface area contributed by atoms with E-state index in [1.807, 2.05) is 0 Å². The molecule has 0 saturated heterocycles. The Bertz CT molecular complexity index is 98.8. The molecular formula is C5H8O3Ti. The second-order valence-corrected chi connectivity index (χ2v) is 1.58. The number of carbonyl (C=O) groups excluding carboxylic acids is 2. The second kappa shape index (κ2) is 7.85. The third-order valence-corrected chi connectivity index (χ3v) is 0.498. The van der Waals surface area contributed by atoms with Crippen LogP contribution in [0.3, 0.4) is 0 Å². The number of hydrogen-bond donors (Lipinski definition) is 0. The van der Waals surface area contributed by atoms with Crippen LogP contribution in [0.1, 0.15) is 20.3 Å². The molecule has 0 heterocycles. The van der Waals surface area contributed by atoms with Crippen LogP contribution in [0.2, 0.25) is 0 Å². The molecule has 0 aromatic heterocycles. The quantitative estimate of drug-likeness (QED) is 0.439. The Balaban J connectivity index is 0. The van der Waals surface area contributed by atoms with Crippen LogP contribution in [0.25, 0.3) is 0 Å². The first-order chi connectivity index (χ1) is 4.13. The fraction of sp³-hybridized carbons (Fsp3) is 0.600. The van der Waals surface area contributed by atoms with Gasteiger partial charge in [-0.15, -0.1) is 0 Å². The van der Waals surface area contributed by atoms with Crippen LogP contribution in [0.5, 0.6) is 0 Å². The Labute approximate surface area is 65.5 Å². The van der Waals surface area contributed by atoms with Crippen molar-refractivity contribution >= 4 is 11.6 Å². The monoisotopic (exact) mass is 164 g/mol. The van der Waals surface area contributed by atoms with E-state index < -0.39 is 0 Å². The number of Topliss-reactive ketones (excluding diaryl/α,β-unsaturated/α-hetero) is 2. The molecule has 0 aliphatic rings. The summed E-state index contributed by atoms with van der Waals surface area (Å²) in [6.07, 6.45) is 0.0833. The van der Waals surface area contributed by atoms with E-state index >= 15 is 0 Å². The van der Waals surface area contributed by atoms with Gasteiger partial charge in [0.25, 0.3) is 0 Å². The van der Waals surface area contributed by atoms with Gasteiger partial charge < -0.3 is 0 Å². The molecule has 0 spiro atoms. The zero-order valence-electron chi connectivity index (χ0n) is 5.43. The molecule has 0 aromatic carbocycles. The van der Waals surface area contributed by atoms with Gasteiger partial charge in [-0.25, -0.2) is 0 Å². The van der Waals surface area contributed by atoms with Gasteiger partial charge in [0, 0.05) is 0 Å². The molecule has 0 atom stereocenters. The van der Waals surface area contributed by atoms with Gasteiger partial charge in [-0.1, -0.05) is 0 Å². The summed E-state index contributed by atoms with van der Waals surface area (Å²) < 4.78 is 8.25. The number of ketones is 2. The average molecular weight is 164 g/mol. The van der Waals surface area contributed by atoms with E-state index in [-0.39, 0.29) is 18.0 Å². The molecule has 0 bridgehead atoms. The Morgan fingerprint density at radius 2 is 1.33 bits per heavy atom. The third kappa shape index (κ3) is 18.1. The van der Waals surface area contributed by atoms with Crippen molar-refractivity contribution in [3.63, 3.8) is 0 Å². The molecule has 0 aliphatic carbocycles. The zero-order valence-corrected chi connectivity index (χ0v) is 6.99. The molecule has 9 heavy (non-hydrogen) atoms. The van der Waals surface area contributed by atoms with Crippen molar-refractivity contribution in [1.82, 2.24) is 0 Å². The van der Waals surface area contributed by atoms with Gasteiger partial charge >= 0.3 is 23.7 Å². The predicted octanol–water partition coefficient (Wildman–Crippen LogP) is 0.433. The van der Waals surface area contributed by atoms with Gasteiger partial charge in [-0.2, -0.15) is 0 Å². The fourth-order valence-corrected chi connectivity index (χ4v) is 0.351. The predicted molar refractivity (Wildman–Crippen MR) is 26.7 cm³/mol. The SMILES string of the molecule is CC(=O)CC(C)=O.[O]=[Ti]. The molecule has 0 rings (SSSR count). The van der Waals surface area contributed by atoms with E-state index in [2.05, 4.69) is 0 Å². The summed E-state index contributed by atoms with van der Waals surface area (Å²) in [5, 5.41) is 0. The molecule has 50 valence electrons. The molecule has 0 unspecified atom stereocenters. The van der Waals surface area contributed by atoms with Crippen LogP contribution >= 0.6 is 0 Å². The third-order valence-electron chi connectivity index (χ3n) is 0.498. The minimum absolute atomic E-state index is 0.0625. The molecule has 0 N–H and O–H groups in total. The molecule has 3 nitrogen and oxygen atoms in total. The number of carbonyl (C=O) groups is 2. The Hall–Kier alpha value is -0.146. The fourth-order valence-electron chi connectivity index (χ4n) is 0.351. The van der Waals surface area contributed by atoms with Gasteiger partial charge in [-0.3, -0.25) is 9.59 Å². The van der Waals surface area contributed by atoms with Gasteiger partial charge in [0.1, 0.15) is 11.6 Å². The summed E-state index contributed by atoms with van der Waals surface area (Å²) in [4.78, 5) is 20.1. The van der Waals surface area contributed by atoms with Crippen LogP contribution in [0.4, 0.5) is 0 Å². The molecule has 0 saturated carbocycles. The molecule has 0 aromatic rings. The number of rotatable bonds is 2. The summed E-state index contributed by atoms with van der Waals surface area (Å²) in [5.41, 5.74) is 0.